The van der Waals surface area contributed by atoms with Gasteiger partial charge in [0.1, 0.15) is 5.82 Å². The fourth-order valence-electron chi connectivity index (χ4n) is 4.24. The van der Waals surface area contributed by atoms with Gasteiger partial charge in [0, 0.05) is 10.4 Å². The van der Waals surface area contributed by atoms with Crippen molar-refractivity contribution in [3.8, 4) is 11.5 Å². The first-order chi connectivity index (χ1) is 16.0. The predicted molar refractivity (Wildman–Crippen MR) is 139 cm³/mol. The predicted octanol–water partition coefficient (Wildman–Crippen LogP) is 6.65. The maximum absolute atomic E-state index is 13.5. The molecule has 8 heteroatoms. The largest absolute Gasteiger partial charge is 0.490 e. The third kappa shape index (κ3) is 5.32. The average Bonchev–Trinajstić information content (AvgIpc) is 2.81. The van der Waals surface area contributed by atoms with Crippen LogP contribution in [-0.2, 0) is 0 Å². The molecule has 0 spiro atoms. The Balaban J connectivity index is 1.82. The summed E-state index contributed by atoms with van der Waals surface area (Å²) in [5, 5.41) is 5.18. The molecule has 1 aromatic heterocycles. The highest BCUT2D eigenvalue weighted by molar-refractivity contribution is 9.10. The summed E-state index contributed by atoms with van der Waals surface area (Å²) in [6.45, 7) is 4.91. The van der Waals surface area contributed by atoms with Crippen LogP contribution in [-0.4, -0.2) is 29.1 Å². The van der Waals surface area contributed by atoms with E-state index in [9.17, 15) is 4.79 Å². The Morgan fingerprint density at radius 2 is 1.85 bits per heavy atom. The van der Waals surface area contributed by atoms with Crippen molar-refractivity contribution in [2.24, 2.45) is 5.10 Å². The third-order valence-corrected chi connectivity index (χ3v) is 6.83. The van der Waals surface area contributed by atoms with Crippen molar-refractivity contribution in [2.45, 2.75) is 51.9 Å². The van der Waals surface area contributed by atoms with Crippen molar-refractivity contribution in [1.29, 1.82) is 0 Å². The van der Waals surface area contributed by atoms with E-state index in [4.69, 9.17) is 14.5 Å². The lowest BCUT2D eigenvalue weighted by atomic mass is 9.88. The highest BCUT2D eigenvalue weighted by Gasteiger charge is 2.22. The van der Waals surface area contributed by atoms with Crippen molar-refractivity contribution in [3.05, 3.63) is 61.0 Å². The summed E-state index contributed by atoms with van der Waals surface area (Å²) in [5.74, 6) is 2.26. The van der Waals surface area contributed by atoms with Gasteiger partial charge in [-0.05, 0) is 78.5 Å². The van der Waals surface area contributed by atoms with Crippen LogP contribution in [0, 0.1) is 0 Å². The van der Waals surface area contributed by atoms with Crippen molar-refractivity contribution in [3.63, 3.8) is 0 Å². The Morgan fingerprint density at radius 3 is 2.58 bits per heavy atom. The zero-order chi connectivity index (χ0) is 23.4. The summed E-state index contributed by atoms with van der Waals surface area (Å²) >= 11 is 7.04. The monoisotopic (exact) mass is 575 g/mol. The normalized spacial score (nSPS) is 14.8. The molecule has 1 saturated carbocycles. The fraction of sp³-hybridized carbons (Fsp3) is 0.400. The van der Waals surface area contributed by atoms with Crippen LogP contribution in [0.4, 0.5) is 0 Å². The van der Waals surface area contributed by atoms with Crippen LogP contribution >= 0.6 is 31.9 Å². The number of hydrogen-bond acceptors (Lipinski definition) is 5. The zero-order valence-electron chi connectivity index (χ0n) is 18.8. The first-order valence-electron chi connectivity index (χ1n) is 11.4. The number of benzene rings is 2. The van der Waals surface area contributed by atoms with Gasteiger partial charge in [0.25, 0.3) is 5.56 Å². The van der Waals surface area contributed by atoms with Crippen molar-refractivity contribution >= 4 is 49.0 Å². The summed E-state index contributed by atoms with van der Waals surface area (Å²) in [5.41, 5.74) is 1.34. The Kier molecular flexibility index (Phi) is 7.86. The van der Waals surface area contributed by atoms with Crippen molar-refractivity contribution in [2.75, 3.05) is 13.2 Å². The Labute approximate surface area is 210 Å². The maximum Gasteiger partial charge on any atom is 0.282 e. The van der Waals surface area contributed by atoms with Crippen LogP contribution in [0.3, 0.4) is 0 Å². The molecule has 0 atom stereocenters. The molecule has 6 nitrogen and oxygen atoms in total. The SMILES string of the molecule is CCOc1cc(C=Nn2c(C3CCCCC3)nc3ccc(Br)cc3c2=O)cc(Br)c1OCC. The molecule has 0 unspecified atom stereocenters. The molecule has 4 rings (SSSR count). The molecule has 1 fully saturated rings. The van der Waals surface area contributed by atoms with E-state index in [1.165, 1.54) is 11.1 Å². The molecule has 1 aliphatic rings. The molecule has 1 heterocycles. The second-order valence-corrected chi connectivity index (χ2v) is 9.79. The lowest BCUT2D eigenvalue weighted by molar-refractivity contribution is 0.286. The number of ether oxygens (including phenoxy) is 2. The quantitative estimate of drug-likeness (QED) is 0.295. The fourth-order valence-corrected chi connectivity index (χ4v) is 5.17. The number of rotatable bonds is 7. The van der Waals surface area contributed by atoms with Gasteiger partial charge in [-0.25, -0.2) is 4.98 Å². The molecule has 0 N–H and O–H groups in total. The Bertz CT molecular complexity index is 1230. The van der Waals surface area contributed by atoms with E-state index in [2.05, 4.69) is 37.0 Å². The molecule has 1 aliphatic carbocycles. The third-order valence-electron chi connectivity index (χ3n) is 5.75. The molecule has 0 amide bonds. The number of halogens is 2. The first-order valence-corrected chi connectivity index (χ1v) is 13.0. The minimum absolute atomic E-state index is 0.159. The van der Waals surface area contributed by atoms with E-state index in [0.717, 1.165) is 46.0 Å². The van der Waals surface area contributed by atoms with Crippen LogP contribution in [0.25, 0.3) is 10.9 Å². The van der Waals surface area contributed by atoms with E-state index in [-0.39, 0.29) is 11.5 Å². The van der Waals surface area contributed by atoms with E-state index in [1.54, 1.807) is 6.21 Å². The zero-order valence-corrected chi connectivity index (χ0v) is 22.0. The van der Waals surface area contributed by atoms with Gasteiger partial charge >= 0.3 is 0 Å². The van der Waals surface area contributed by atoms with Crippen molar-refractivity contribution in [1.82, 2.24) is 9.66 Å². The summed E-state index contributed by atoms with van der Waals surface area (Å²) in [7, 11) is 0. The molecule has 33 heavy (non-hydrogen) atoms. The second-order valence-electron chi connectivity index (χ2n) is 8.02. The van der Waals surface area contributed by atoms with Crippen LogP contribution < -0.4 is 15.0 Å². The molecular weight excluding hydrogens is 550 g/mol. The molecule has 0 radical (unpaired) electrons. The number of nitrogens with zero attached hydrogens (tertiary/aromatic N) is 3. The smallest absolute Gasteiger partial charge is 0.282 e. The van der Waals surface area contributed by atoms with Gasteiger partial charge in [-0.2, -0.15) is 9.78 Å². The minimum atomic E-state index is -0.159. The maximum atomic E-state index is 13.5. The minimum Gasteiger partial charge on any atom is -0.490 e. The summed E-state index contributed by atoms with van der Waals surface area (Å²) < 4.78 is 14.6. The van der Waals surface area contributed by atoms with Gasteiger partial charge in [0.2, 0.25) is 0 Å². The topological polar surface area (TPSA) is 65.7 Å². The summed E-state index contributed by atoms with van der Waals surface area (Å²) in [4.78, 5) is 18.4. The Morgan fingerprint density at radius 1 is 1.09 bits per heavy atom. The van der Waals surface area contributed by atoms with E-state index >= 15 is 0 Å². The first kappa shape index (κ1) is 24.0. The van der Waals surface area contributed by atoms with Gasteiger partial charge in [-0.15, -0.1) is 0 Å². The Hall–Kier alpha value is -2.19. The van der Waals surface area contributed by atoms with E-state index in [0.29, 0.717) is 35.6 Å². The van der Waals surface area contributed by atoms with Crippen LogP contribution in [0.15, 0.2) is 49.2 Å². The van der Waals surface area contributed by atoms with E-state index < -0.39 is 0 Å². The summed E-state index contributed by atoms with van der Waals surface area (Å²) in [6, 6.07) is 9.40. The average molecular weight is 577 g/mol. The number of hydrogen-bond donors (Lipinski definition) is 0. The van der Waals surface area contributed by atoms with E-state index in [1.807, 2.05) is 44.2 Å². The number of aromatic nitrogens is 2. The standard InChI is InChI=1S/C25H27Br2N3O3/c1-3-32-22-13-16(12-20(27)23(22)33-4-2)15-28-30-24(17-8-6-5-7-9-17)29-21-11-10-18(26)14-19(21)25(30)31/h10-15,17H,3-9H2,1-2H3. The van der Waals surface area contributed by atoms with Gasteiger partial charge in [0.05, 0.1) is 34.8 Å². The highest BCUT2D eigenvalue weighted by Crippen LogP contribution is 2.37. The highest BCUT2D eigenvalue weighted by atomic mass is 79.9. The van der Waals surface area contributed by atoms with Crippen LogP contribution in [0.2, 0.25) is 0 Å². The molecule has 0 aliphatic heterocycles. The van der Waals surface area contributed by atoms with Gasteiger partial charge in [0.15, 0.2) is 11.5 Å². The van der Waals surface area contributed by atoms with Gasteiger partial charge in [-0.1, -0.05) is 35.2 Å². The molecule has 2 aromatic carbocycles. The number of fused-ring (bicyclic) bond motifs is 1. The molecule has 174 valence electrons. The van der Waals surface area contributed by atoms with Gasteiger partial charge < -0.3 is 9.47 Å². The lowest BCUT2D eigenvalue weighted by Crippen LogP contribution is -2.25. The van der Waals surface area contributed by atoms with Crippen LogP contribution in [0.1, 0.15) is 63.3 Å². The molecular formula is C25H27Br2N3O3. The lowest BCUT2D eigenvalue weighted by Gasteiger charge is -2.22. The van der Waals surface area contributed by atoms with Crippen molar-refractivity contribution < 1.29 is 9.47 Å². The second kappa shape index (κ2) is 10.8. The van der Waals surface area contributed by atoms with Gasteiger partial charge in [-0.3, -0.25) is 4.79 Å². The molecule has 3 aromatic rings. The van der Waals surface area contributed by atoms with Crippen LogP contribution in [0.5, 0.6) is 11.5 Å². The summed E-state index contributed by atoms with van der Waals surface area (Å²) in [6.07, 6.45) is 7.24. The molecule has 0 saturated heterocycles. The molecule has 0 bridgehead atoms.